The molecule has 0 aromatic rings. The molecule has 0 aliphatic rings. The minimum atomic E-state index is -0.444. The monoisotopic (exact) mass is 216 g/mol. The maximum Gasteiger partial charge on any atom is 0.239 e. The highest BCUT2D eigenvalue weighted by Gasteiger charge is 1.91. The maximum atomic E-state index is 9.17. The highest BCUT2D eigenvalue weighted by atomic mass is 32.2. The van der Waals surface area contributed by atoms with Crippen molar-refractivity contribution in [3.63, 3.8) is 0 Å². The molecule has 3 nitrogen and oxygen atoms in total. The van der Waals surface area contributed by atoms with Crippen LogP contribution in [-0.2, 0) is 0 Å². The van der Waals surface area contributed by atoms with Crippen LogP contribution in [0.25, 0.3) is 0 Å². The molecule has 0 heterocycles. The lowest BCUT2D eigenvalue weighted by Gasteiger charge is -2.07. The van der Waals surface area contributed by atoms with Crippen LogP contribution in [0, 0.1) is 11.5 Å². The molecule has 0 amide bonds. The van der Waals surface area contributed by atoms with E-state index in [1.807, 2.05) is 6.19 Å². The highest BCUT2D eigenvalue weighted by molar-refractivity contribution is 8.23. The third-order valence-electron chi connectivity index (χ3n) is 0.840. The molecule has 5 heteroatoms. The first kappa shape index (κ1) is 14.7. The van der Waals surface area contributed by atoms with Crippen LogP contribution in [0.3, 0.4) is 0 Å². The number of hydrogen-bond acceptors (Lipinski definition) is 3. The topological polar surface area (TPSA) is 44.1 Å². The number of nitriles is 1. The zero-order valence-electron chi connectivity index (χ0n) is 7.18. The predicted octanol–water partition coefficient (Wildman–Crippen LogP) is 2.11. The second kappa shape index (κ2) is 11.1. The van der Waals surface area contributed by atoms with Crippen LogP contribution in [0.4, 0.5) is 4.79 Å². The maximum absolute atomic E-state index is 9.17. The lowest BCUT2D eigenvalue weighted by atomic mass is 10.5. The van der Waals surface area contributed by atoms with Gasteiger partial charge in [0.05, 0.1) is 0 Å². The number of nitrogens with zero attached hydrogens (tertiary/aromatic N) is 2. The molecule has 0 aromatic heterocycles. The Labute approximate surface area is 89.5 Å². The van der Waals surface area contributed by atoms with E-state index in [1.54, 1.807) is 17.1 Å². The van der Waals surface area contributed by atoms with Crippen molar-refractivity contribution in [3.8, 4) is 6.19 Å². The molecule has 0 saturated heterocycles. The first-order valence-corrected chi connectivity index (χ1v) is 4.26. The molecule has 0 aliphatic carbocycles. The summed E-state index contributed by atoms with van der Waals surface area (Å²) in [5.74, 6) is 0. The van der Waals surface area contributed by atoms with Crippen LogP contribution in [0.15, 0.2) is 25.3 Å². The van der Waals surface area contributed by atoms with Crippen LogP contribution in [0.1, 0.15) is 0 Å². The molecule has 0 saturated carbocycles. The summed E-state index contributed by atoms with van der Waals surface area (Å²) in [6.07, 6.45) is 5.37. The molecule has 0 atom stereocenters. The van der Waals surface area contributed by atoms with Crippen molar-refractivity contribution in [2.24, 2.45) is 0 Å². The summed E-state index contributed by atoms with van der Waals surface area (Å²) in [4.78, 5) is 10.7. The van der Waals surface area contributed by atoms with Crippen molar-refractivity contribution in [1.29, 1.82) is 5.26 Å². The smallest absolute Gasteiger partial charge is 0.239 e. The number of thiol groups is 2. The van der Waals surface area contributed by atoms with E-state index in [0.717, 1.165) is 0 Å². The van der Waals surface area contributed by atoms with Crippen molar-refractivity contribution >= 4 is 29.7 Å². The van der Waals surface area contributed by atoms with E-state index in [1.165, 1.54) is 0 Å². The van der Waals surface area contributed by atoms with Crippen molar-refractivity contribution in [2.45, 2.75) is 0 Å². The van der Waals surface area contributed by atoms with Crippen LogP contribution in [0.2, 0.25) is 0 Å². The Balaban J connectivity index is 0. The zero-order chi connectivity index (χ0) is 10.7. The lowest BCUT2D eigenvalue weighted by molar-refractivity contribution is 0.277. The molecule has 0 N–H and O–H groups in total. The molecule has 0 radical (unpaired) electrons. The standard InChI is InChI=1S/C7H10N2.CH2OS2/c1-3-5-9(7-8)6-4-2;2-1(3)4/h3-4H,1-2,5-6H2;(H2,2,3,4). The van der Waals surface area contributed by atoms with Gasteiger partial charge in [-0.15, -0.1) is 13.2 Å². The van der Waals surface area contributed by atoms with E-state index in [0.29, 0.717) is 13.1 Å². The van der Waals surface area contributed by atoms with Gasteiger partial charge in [-0.2, -0.15) is 5.26 Å². The minimum Gasteiger partial charge on any atom is -0.303 e. The van der Waals surface area contributed by atoms with Crippen molar-refractivity contribution in [1.82, 2.24) is 4.90 Å². The molecular formula is C8H12N2OS2. The van der Waals surface area contributed by atoms with Gasteiger partial charge < -0.3 is 4.90 Å². The summed E-state index contributed by atoms with van der Waals surface area (Å²) in [7, 11) is 0. The molecule has 0 aromatic carbocycles. The first-order valence-electron chi connectivity index (χ1n) is 3.36. The van der Waals surface area contributed by atoms with Crippen molar-refractivity contribution in [3.05, 3.63) is 25.3 Å². The fourth-order valence-corrected chi connectivity index (χ4v) is 0.468. The molecule has 72 valence electrons. The third-order valence-corrected chi connectivity index (χ3v) is 0.840. The van der Waals surface area contributed by atoms with E-state index in [4.69, 9.17) is 5.26 Å². The summed E-state index contributed by atoms with van der Waals surface area (Å²) in [6, 6.07) is 0. The van der Waals surface area contributed by atoms with Gasteiger partial charge in [0.1, 0.15) is 0 Å². The highest BCUT2D eigenvalue weighted by Crippen LogP contribution is 1.83. The van der Waals surface area contributed by atoms with E-state index >= 15 is 0 Å². The van der Waals surface area contributed by atoms with Gasteiger partial charge >= 0.3 is 0 Å². The van der Waals surface area contributed by atoms with E-state index < -0.39 is 4.45 Å². The van der Waals surface area contributed by atoms with Crippen LogP contribution in [0.5, 0.6) is 0 Å². The Hall–Kier alpha value is -0.860. The fourth-order valence-electron chi connectivity index (χ4n) is 0.468. The van der Waals surface area contributed by atoms with Gasteiger partial charge in [-0.05, 0) is 0 Å². The van der Waals surface area contributed by atoms with Crippen LogP contribution in [-0.4, -0.2) is 22.4 Å². The Morgan fingerprint density at radius 1 is 1.38 bits per heavy atom. The Morgan fingerprint density at radius 3 is 1.85 bits per heavy atom. The van der Waals surface area contributed by atoms with Gasteiger partial charge in [-0.1, -0.05) is 37.4 Å². The van der Waals surface area contributed by atoms with E-state index in [2.05, 4.69) is 38.4 Å². The van der Waals surface area contributed by atoms with E-state index in [-0.39, 0.29) is 0 Å². The Morgan fingerprint density at radius 2 is 1.69 bits per heavy atom. The average Bonchev–Trinajstić information content (AvgIpc) is 2.03. The normalized spacial score (nSPS) is 7.15. The Bertz CT molecular complexity index is 197. The molecule has 0 fully saturated rings. The SMILES string of the molecule is C=CCN(C#N)CC=C.O=C(S)S. The summed E-state index contributed by atoms with van der Waals surface area (Å²) >= 11 is 6.38. The predicted molar refractivity (Wildman–Crippen MR) is 60.9 cm³/mol. The third kappa shape index (κ3) is 18.3. The Kier molecular flexibility index (Phi) is 12.6. The largest absolute Gasteiger partial charge is 0.303 e. The van der Waals surface area contributed by atoms with Gasteiger partial charge in [-0.3, -0.25) is 4.79 Å². The molecule has 0 aliphatic heterocycles. The molecule has 13 heavy (non-hydrogen) atoms. The summed E-state index contributed by atoms with van der Waals surface area (Å²) < 4.78 is -0.444. The number of carbonyl (C=O) groups is 1. The van der Waals surface area contributed by atoms with Gasteiger partial charge in [0.25, 0.3) is 0 Å². The van der Waals surface area contributed by atoms with Gasteiger partial charge in [0.15, 0.2) is 6.19 Å². The minimum absolute atomic E-state index is 0.444. The zero-order valence-corrected chi connectivity index (χ0v) is 8.97. The summed E-state index contributed by atoms with van der Waals surface area (Å²) in [5, 5.41) is 8.37. The molecule has 0 unspecified atom stereocenters. The molecular weight excluding hydrogens is 204 g/mol. The van der Waals surface area contributed by atoms with Crippen LogP contribution < -0.4 is 0 Å². The van der Waals surface area contributed by atoms with Gasteiger partial charge in [0, 0.05) is 13.1 Å². The quantitative estimate of drug-likeness (QED) is 0.327. The van der Waals surface area contributed by atoms with E-state index in [9.17, 15) is 4.79 Å². The summed E-state index contributed by atoms with van der Waals surface area (Å²) in [5.41, 5.74) is 0. The molecule has 0 bridgehead atoms. The second-order valence-electron chi connectivity index (χ2n) is 1.86. The lowest BCUT2D eigenvalue weighted by Crippen LogP contribution is -2.16. The molecule has 0 rings (SSSR count). The number of rotatable bonds is 4. The van der Waals surface area contributed by atoms with Crippen LogP contribution >= 0.6 is 25.3 Å². The molecule has 0 spiro atoms. The van der Waals surface area contributed by atoms with Crippen molar-refractivity contribution in [2.75, 3.05) is 13.1 Å². The van der Waals surface area contributed by atoms with Gasteiger partial charge in [0.2, 0.25) is 4.45 Å². The number of hydrogen-bond donors (Lipinski definition) is 2. The fraction of sp³-hybridized carbons (Fsp3) is 0.250. The second-order valence-corrected chi connectivity index (χ2v) is 3.03. The van der Waals surface area contributed by atoms with Gasteiger partial charge in [-0.25, -0.2) is 0 Å². The average molecular weight is 216 g/mol. The summed E-state index contributed by atoms with van der Waals surface area (Å²) in [6.45, 7) is 8.21. The first-order chi connectivity index (χ1) is 6.08. The number of carbonyl (C=O) groups excluding carboxylic acids is 1. The van der Waals surface area contributed by atoms with Crippen molar-refractivity contribution < 1.29 is 4.79 Å².